The number of aliphatic hydroxyl groups is 1. The molecule has 0 spiro atoms. The lowest BCUT2D eigenvalue weighted by molar-refractivity contribution is 0.121. The maximum absolute atomic E-state index is 11.4. The molecule has 0 bridgehead atoms. The van der Waals surface area contributed by atoms with E-state index in [1.165, 1.54) is 0 Å². The quantitative estimate of drug-likeness (QED) is 0.829. The van der Waals surface area contributed by atoms with Gasteiger partial charge in [0.1, 0.15) is 0 Å². The van der Waals surface area contributed by atoms with Crippen molar-refractivity contribution in [1.29, 1.82) is 0 Å². The summed E-state index contributed by atoms with van der Waals surface area (Å²) >= 11 is 0. The van der Waals surface area contributed by atoms with Crippen molar-refractivity contribution in [2.45, 2.75) is 19.1 Å². The van der Waals surface area contributed by atoms with Gasteiger partial charge in [0.15, 0.2) is 9.84 Å². The second-order valence-corrected chi connectivity index (χ2v) is 6.79. The van der Waals surface area contributed by atoms with Gasteiger partial charge >= 0.3 is 0 Å². The Morgan fingerprint density at radius 2 is 2.24 bits per heavy atom. The first-order chi connectivity index (χ1) is 8.02. The maximum Gasteiger partial charge on any atom is 0.150 e. The molecule has 0 radical (unpaired) electrons. The van der Waals surface area contributed by atoms with E-state index in [0.29, 0.717) is 13.0 Å². The lowest BCUT2D eigenvalue weighted by atomic mass is 9.94. The number of rotatable bonds is 3. The summed E-state index contributed by atoms with van der Waals surface area (Å²) in [6, 6.07) is 7.39. The smallest absolute Gasteiger partial charge is 0.150 e. The summed E-state index contributed by atoms with van der Waals surface area (Å²) in [5, 5.41) is 10.2. The van der Waals surface area contributed by atoms with E-state index in [-0.39, 0.29) is 17.4 Å². The molecule has 1 heterocycles. The zero-order valence-electron chi connectivity index (χ0n) is 9.54. The largest absolute Gasteiger partial charge is 0.388 e. The predicted octanol–water partition coefficient (Wildman–Crippen LogP) is 0.613. The van der Waals surface area contributed by atoms with E-state index in [4.69, 9.17) is 5.73 Å². The second-order valence-electron chi connectivity index (χ2n) is 4.56. The molecule has 0 aromatic heterocycles. The van der Waals surface area contributed by atoms with Gasteiger partial charge in [0.25, 0.3) is 0 Å². The minimum absolute atomic E-state index is 0.0843. The summed E-state index contributed by atoms with van der Waals surface area (Å²) in [6.45, 7) is 0.420. The van der Waals surface area contributed by atoms with Gasteiger partial charge in [-0.25, -0.2) is 8.42 Å². The first kappa shape index (κ1) is 12.5. The van der Waals surface area contributed by atoms with Gasteiger partial charge in [-0.3, -0.25) is 0 Å². The third kappa shape index (κ3) is 2.86. The third-order valence-corrected chi connectivity index (χ3v) is 5.04. The minimum atomic E-state index is -2.95. The van der Waals surface area contributed by atoms with E-state index in [9.17, 15) is 13.5 Å². The highest BCUT2D eigenvalue weighted by atomic mass is 32.2. The number of benzene rings is 1. The Bertz CT molecular complexity index is 498. The molecule has 2 atom stereocenters. The van der Waals surface area contributed by atoms with Gasteiger partial charge in [-0.05, 0) is 17.5 Å². The Kier molecular flexibility index (Phi) is 3.51. The van der Waals surface area contributed by atoms with Crippen molar-refractivity contribution in [3.63, 3.8) is 0 Å². The van der Waals surface area contributed by atoms with E-state index < -0.39 is 15.9 Å². The molecular weight excluding hydrogens is 238 g/mol. The number of hydrogen-bond donors (Lipinski definition) is 2. The number of nitrogens with two attached hydrogens (primary N) is 1. The zero-order valence-corrected chi connectivity index (χ0v) is 10.4. The molecule has 4 nitrogen and oxygen atoms in total. The first-order valence-corrected chi connectivity index (χ1v) is 7.51. The Morgan fingerprint density at radius 3 is 2.82 bits per heavy atom. The van der Waals surface area contributed by atoms with Gasteiger partial charge in [-0.15, -0.1) is 0 Å². The number of aliphatic hydroxyl groups excluding tert-OH is 1. The van der Waals surface area contributed by atoms with Crippen molar-refractivity contribution < 1.29 is 13.5 Å². The Balaban J connectivity index is 2.17. The van der Waals surface area contributed by atoms with Crippen LogP contribution in [0.1, 0.15) is 23.7 Å². The molecule has 1 saturated heterocycles. The molecule has 1 aliphatic rings. The van der Waals surface area contributed by atoms with Crippen LogP contribution < -0.4 is 5.73 Å². The van der Waals surface area contributed by atoms with Gasteiger partial charge in [-0.1, -0.05) is 24.3 Å². The molecule has 1 aromatic carbocycles. The molecule has 3 N–H and O–H groups in total. The summed E-state index contributed by atoms with van der Waals surface area (Å²) in [4.78, 5) is 0. The summed E-state index contributed by atoms with van der Waals surface area (Å²) in [7, 11) is -2.95. The highest BCUT2D eigenvalue weighted by Gasteiger charge is 2.33. The van der Waals surface area contributed by atoms with Crippen LogP contribution in [0.5, 0.6) is 0 Å². The van der Waals surface area contributed by atoms with Crippen LogP contribution in [0.25, 0.3) is 0 Å². The van der Waals surface area contributed by atoms with Crippen LogP contribution in [0, 0.1) is 5.92 Å². The van der Waals surface area contributed by atoms with Crippen LogP contribution in [0.15, 0.2) is 24.3 Å². The molecule has 2 rings (SSSR count). The lowest BCUT2D eigenvalue weighted by Gasteiger charge is -2.17. The van der Waals surface area contributed by atoms with Gasteiger partial charge in [-0.2, -0.15) is 0 Å². The van der Waals surface area contributed by atoms with Gasteiger partial charge in [0.05, 0.1) is 17.6 Å². The van der Waals surface area contributed by atoms with E-state index >= 15 is 0 Å². The maximum atomic E-state index is 11.4. The fraction of sp³-hybridized carbons (Fsp3) is 0.500. The monoisotopic (exact) mass is 255 g/mol. The average molecular weight is 255 g/mol. The zero-order chi connectivity index (χ0) is 12.5. The summed E-state index contributed by atoms with van der Waals surface area (Å²) < 4.78 is 22.7. The van der Waals surface area contributed by atoms with E-state index in [1.54, 1.807) is 0 Å². The molecular formula is C12H17NO3S. The molecule has 17 heavy (non-hydrogen) atoms. The highest BCUT2D eigenvalue weighted by molar-refractivity contribution is 7.91. The Labute approximate surface area is 101 Å². The molecule has 5 heteroatoms. The summed E-state index contributed by atoms with van der Waals surface area (Å²) in [5.74, 6) is 0.0831. The summed E-state index contributed by atoms with van der Waals surface area (Å²) in [5.41, 5.74) is 7.24. The molecule has 94 valence electrons. The molecule has 1 fully saturated rings. The normalized spacial score (nSPS) is 24.7. The predicted molar refractivity (Wildman–Crippen MR) is 66.1 cm³/mol. The average Bonchev–Trinajstić information content (AvgIpc) is 2.69. The Morgan fingerprint density at radius 1 is 1.47 bits per heavy atom. The summed E-state index contributed by atoms with van der Waals surface area (Å²) in [6.07, 6.45) is -0.171. The van der Waals surface area contributed by atoms with Gasteiger partial charge < -0.3 is 10.8 Å². The van der Waals surface area contributed by atoms with E-state index in [0.717, 1.165) is 11.1 Å². The standard InChI is InChI=1S/C12H17NO3S/c13-7-9-2-1-3-10(6-9)12(14)11-4-5-17(15,16)8-11/h1-3,6,11-12,14H,4-5,7-8,13H2. The van der Waals surface area contributed by atoms with Crippen molar-refractivity contribution in [3.05, 3.63) is 35.4 Å². The van der Waals surface area contributed by atoms with Crippen molar-refractivity contribution in [2.75, 3.05) is 11.5 Å². The fourth-order valence-electron chi connectivity index (χ4n) is 2.25. The van der Waals surface area contributed by atoms with Crippen LogP contribution >= 0.6 is 0 Å². The van der Waals surface area contributed by atoms with Crippen LogP contribution in [-0.2, 0) is 16.4 Å². The number of hydrogen-bond acceptors (Lipinski definition) is 4. The fourth-order valence-corrected chi connectivity index (χ4v) is 4.08. The molecule has 0 aliphatic carbocycles. The van der Waals surface area contributed by atoms with Crippen molar-refractivity contribution in [1.82, 2.24) is 0 Å². The minimum Gasteiger partial charge on any atom is -0.388 e. The topological polar surface area (TPSA) is 80.4 Å². The second kappa shape index (κ2) is 4.76. The molecule has 2 unspecified atom stereocenters. The SMILES string of the molecule is NCc1cccc(C(O)C2CCS(=O)(=O)C2)c1. The highest BCUT2D eigenvalue weighted by Crippen LogP contribution is 2.31. The third-order valence-electron chi connectivity index (χ3n) is 3.24. The van der Waals surface area contributed by atoms with Crippen molar-refractivity contribution >= 4 is 9.84 Å². The van der Waals surface area contributed by atoms with Crippen molar-refractivity contribution in [3.8, 4) is 0 Å². The molecule has 1 aromatic rings. The van der Waals surface area contributed by atoms with Gasteiger partial charge in [0, 0.05) is 12.5 Å². The van der Waals surface area contributed by atoms with Crippen LogP contribution in [0.3, 0.4) is 0 Å². The first-order valence-electron chi connectivity index (χ1n) is 5.69. The van der Waals surface area contributed by atoms with E-state index in [1.807, 2.05) is 24.3 Å². The van der Waals surface area contributed by atoms with Crippen molar-refractivity contribution in [2.24, 2.45) is 11.7 Å². The Hall–Kier alpha value is -0.910. The van der Waals surface area contributed by atoms with Crippen LogP contribution in [0.4, 0.5) is 0 Å². The van der Waals surface area contributed by atoms with Gasteiger partial charge in [0.2, 0.25) is 0 Å². The van der Waals surface area contributed by atoms with Crippen LogP contribution in [-0.4, -0.2) is 25.0 Å². The van der Waals surface area contributed by atoms with E-state index in [2.05, 4.69) is 0 Å². The molecule has 0 amide bonds. The number of sulfone groups is 1. The molecule has 0 saturated carbocycles. The molecule has 1 aliphatic heterocycles. The van der Waals surface area contributed by atoms with Crippen LogP contribution in [0.2, 0.25) is 0 Å². The lowest BCUT2D eigenvalue weighted by Crippen LogP contribution is -2.14.